The molecule has 0 saturated heterocycles. The summed E-state index contributed by atoms with van der Waals surface area (Å²) in [5.41, 5.74) is 7.65. The van der Waals surface area contributed by atoms with E-state index in [2.05, 4.69) is 27.8 Å². The largest absolute Gasteiger partial charge is 0.389 e. The highest BCUT2D eigenvalue weighted by Crippen LogP contribution is 2.23. The number of nitrogens with zero attached hydrogens (tertiary/aromatic N) is 1. The van der Waals surface area contributed by atoms with Gasteiger partial charge in [-0.05, 0) is 25.1 Å². The zero-order chi connectivity index (χ0) is 10.7. The van der Waals surface area contributed by atoms with Gasteiger partial charge in [-0.15, -0.1) is 0 Å². The smallest absolute Gasteiger partial charge is 0.106 e. The molecule has 4 heteroatoms. The van der Waals surface area contributed by atoms with E-state index in [1.165, 1.54) is 0 Å². The molecule has 0 unspecified atom stereocenters. The monoisotopic (exact) mass is 272 g/mol. The maximum atomic E-state index is 5.66. The third-order valence-corrected chi connectivity index (χ3v) is 2.82. The molecule has 1 aromatic carbocycles. The first kappa shape index (κ1) is 11.5. The summed E-state index contributed by atoms with van der Waals surface area (Å²) < 4.78 is 0.994. The number of rotatable bonds is 3. The van der Waals surface area contributed by atoms with Crippen LogP contribution in [0.25, 0.3) is 0 Å². The van der Waals surface area contributed by atoms with E-state index >= 15 is 0 Å². The zero-order valence-corrected chi connectivity index (χ0v) is 10.7. The Morgan fingerprint density at radius 1 is 1.57 bits per heavy atom. The molecule has 0 bridgehead atoms. The van der Waals surface area contributed by atoms with Crippen molar-refractivity contribution in [1.82, 2.24) is 0 Å². The standard InChI is InChI=1S/C10H13BrN2S/c1-3-13(2)9-5-4-7(11)6-8(9)10(12)14/h4-6H,3H2,1-2H3,(H2,12,14). The van der Waals surface area contributed by atoms with Crippen molar-refractivity contribution < 1.29 is 0 Å². The summed E-state index contributed by atoms with van der Waals surface area (Å²) in [6.07, 6.45) is 0. The predicted molar refractivity (Wildman–Crippen MR) is 69.0 cm³/mol. The number of hydrogen-bond acceptors (Lipinski definition) is 2. The molecule has 2 nitrogen and oxygen atoms in total. The van der Waals surface area contributed by atoms with Crippen molar-refractivity contribution in [1.29, 1.82) is 0 Å². The number of nitrogens with two attached hydrogens (primary N) is 1. The van der Waals surface area contributed by atoms with E-state index in [0.717, 1.165) is 22.3 Å². The van der Waals surface area contributed by atoms with Gasteiger partial charge in [-0.2, -0.15) is 0 Å². The van der Waals surface area contributed by atoms with Crippen molar-refractivity contribution in [2.75, 3.05) is 18.5 Å². The van der Waals surface area contributed by atoms with Gasteiger partial charge in [0.15, 0.2) is 0 Å². The van der Waals surface area contributed by atoms with Crippen LogP contribution in [-0.4, -0.2) is 18.6 Å². The summed E-state index contributed by atoms with van der Waals surface area (Å²) >= 11 is 8.41. The topological polar surface area (TPSA) is 29.3 Å². The van der Waals surface area contributed by atoms with E-state index in [1.807, 2.05) is 25.2 Å². The first-order valence-electron chi connectivity index (χ1n) is 4.36. The van der Waals surface area contributed by atoms with Crippen LogP contribution >= 0.6 is 28.1 Å². The van der Waals surface area contributed by atoms with Gasteiger partial charge in [-0.25, -0.2) is 0 Å². The van der Waals surface area contributed by atoms with Gasteiger partial charge >= 0.3 is 0 Å². The third-order valence-electron chi connectivity index (χ3n) is 2.11. The van der Waals surface area contributed by atoms with Gasteiger partial charge in [0.25, 0.3) is 0 Å². The Balaban J connectivity index is 3.21. The molecule has 0 aliphatic heterocycles. The van der Waals surface area contributed by atoms with Gasteiger partial charge in [0.1, 0.15) is 4.99 Å². The molecule has 14 heavy (non-hydrogen) atoms. The fraction of sp³-hybridized carbons (Fsp3) is 0.300. The van der Waals surface area contributed by atoms with Crippen molar-refractivity contribution in [3.05, 3.63) is 28.2 Å². The van der Waals surface area contributed by atoms with Crippen molar-refractivity contribution in [3.63, 3.8) is 0 Å². The summed E-state index contributed by atoms with van der Waals surface area (Å²) in [5.74, 6) is 0. The van der Waals surface area contributed by atoms with Gasteiger partial charge < -0.3 is 10.6 Å². The second kappa shape index (κ2) is 4.75. The second-order valence-corrected chi connectivity index (χ2v) is 4.40. The Kier molecular flexibility index (Phi) is 3.89. The van der Waals surface area contributed by atoms with Crippen LogP contribution in [0.1, 0.15) is 12.5 Å². The SMILES string of the molecule is CCN(C)c1ccc(Br)cc1C(N)=S. The molecule has 0 spiro atoms. The van der Waals surface area contributed by atoms with E-state index in [1.54, 1.807) is 0 Å². The van der Waals surface area contributed by atoms with Crippen LogP contribution in [0.3, 0.4) is 0 Å². The molecule has 0 aliphatic carbocycles. The Labute approximate surface area is 98.2 Å². The Morgan fingerprint density at radius 2 is 2.21 bits per heavy atom. The molecule has 0 fully saturated rings. The first-order valence-corrected chi connectivity index (χ1v) is 5.57. The minimum Gasteiger partial charge on any atom is -0.389 e. The summed E-state index contributed by atoms with van der Waals surface area (Å²) in [6.45, 7) is 3.02. The molecule has 76 valence electrons. The maximum absolute atomic E-state index is 5.66. The lowest BCUT2D eigenvalue weighted by Crippen LogP contribution is -2.21. The minimum absolute atomic E-state index is 0.432. The highest BCUT2D eigenvalue weighted by molar-refractivity contribution is 9.10. The normalized spacial score (nSPS) is 9.93. The van der Waals surface area contributed by atoms with Crippen molar-refractivity contribution in [2.24, 2.45) is 5.73 Å². The Bertz CT molecular complexity index is 352. The van der Waals surface area contributed by atoms with Crippen LogP contribution in [0.2, 0.25) is 0 Å². The average Bonchev–Trinajstić information content (AvgIpc) is 2.16. The van der Waals surface area contributed by atoms with Crippen molar-refractivity contribution in [3.8, 4) is 0 Å². The van der Waals surface area contributed by atoms with Crippen LogP contribution in [-0.2, 0) is 0 Å². The van der Waals surface area contributed by atoms with E-state index in [4.69, 9.17) is 18.0 Å². The van der Waals surface area contributed by atoms with E-state index in [9.17, 15) is 0 Å². The lowest BCUT2D eigenvalue weighted by molar-refractivity contribution is 0.966. The third kappa shape index (κ3) is 2.45. The van der Waals surface area contributed by atoms with Crippen molar-refractivity contribution >= 4 is 38.8 Å². The lowest BCUT2D eigenvalue weighted by atomic mass is 10.1. The van der Waals surface area contributed by atoms with E-state index in [-0.39, 0.29) is 0 Å². The fourth-order valence-corrected chi connectivity index (χ4v) is 1.73. The molecule has 0 aromatic heterocycles. The van der Waals surface area contributed by atoms with Crippen LogP contribution in [0.15, 0.2) is 22.7 Å². The molecule has 0 heterocycles. The molecular weight excluding hydrogens is 260 g/mol. The van der Waals surface area contributed by atoms with Gasteiger partial charge in [-0.3, -0.25) is 0 Å². The number of halogens is 1. The molecular formula is C10H13BrN2S. The quantitative estimate of drug-likeness (QED) is 0.858. The molecule has 0 amide bonds. The van der Waals surface area contributed by atoms with Gasteiger partial charge in [0.2, 0.25) is 0 Å². The molecule has 0 saturated carbocycles. The van der Waals surface area contributed by atoms with E-state index in [0.29, 0.717) is 4.99 Å². The number of benzene rings is 1. The first-order chi connectivity index (χ1) is 6.56. The van der Waals surface area contributed by atoms with Gasteiger partial charge in [-0.1, -0.05) is 28.1 Å². The lowest BCUT2D eigenvalue weighted by Gasteiger charge is -2.20. The minimum atomic E-state index is 0.432. The summed E-state index contributed by atoms with van der Waals surface area (Å²) in [7, 11) is 2.02. The average molecular weight is 273 g/mol. The summed E-state index contributed by atoms with van der Waals surface area (Å²) in [5, 5.41) is 0. The molecule has 2 N–H and O–H groups in total. The van der Waals surface area contributed by atoms with E-state index < -0.39 is 0 Å². The number of hydrogen-bond donors (Lipinski definition) is 1. The number of thiocarbonyl (C=S) groups is 1. The molecule has 1 aromatic rings. The van der Waals surface area contributed by atoms with Crippen LogP contribution < -0.4 is 10.6 Å². The predicted octanol–water partition coefficient (Wildman–Crippen LogP) is 2.54. The maximum Gasteiger partial charge on any atom is 0.106 e. The highest BCUT2D eigenvalue weighted by Gasteiger charge is 2.08. The fourth-order valence-electron chi connectivity index (χ4n) is 1.21. The Hall–Kier alpha value is -0.610. The molecule has 0 aliphatic rings. The van der Waals surface area contributed by atoms with Crippen LogP contribution in [0.4, 0.5) is 5.69 Å². The number of anilines is 1. The molecule has 1 rings (SSSR count). The van der Waals surface area contributed by atoms with Crippen molar-refractivity contribution in [2.45, 2.75) is 6.92 Å². The summed E-state index contributed by atoms with van der Waals surface area (Å²) in [6, 6.07) is 5.95. The molecule has 0 atom stereocenters. The second-order valence-electron chi connectivity index (χ2n) is 3.04. The van der Waals surface area contributed by atoms with Crippen LogP contribution in [0, 0.1) is 0 Å². The Morgan fingerprint density at radius 3 is 2.71 bits per heavy atom. The molecule has 0 radical (unpaired) electrons. The zero-order valence-electron chi connectivity index (χ0n) is 8.25. The van der Waals surface area contributed by atoms with Gasteiger partial charge in [0.05, 0.1) is 0 Å². The highest BCUT2D eigenvalue weighted by atomic mass is 79.9. The van der Waals surface area contributed by atoms with Crippen LogP contribution in [0.5, 0.6) is 0 Å². The van der Waals surface area contributed by atoms with Gasteiger partial charge in [0, 0.05) is 29.3 Å². The summed E-state index contributed by atoms with van der Waals surface area (Å²) in [4.78, 5) is 2.54.